The molecule has 0 aliphatic carbocycles. The fraction of sp³-hybridized carbons (Fsp3) is 0.593. The summed E-state index contributed by atoms with van der Waals surface area (Å²) in [5, 5.41) is 9.20. The fourth-order valence-electron chi connectivity index (χ4n) is 6.09. The Kier molecular flexibility index (Phi) is 8.60. The molecule has 10 heteroatoms. The largest absolute Gasteiger partial charge is 0.497 e. The van der Waals surface area contributed by atoms with E-state index in [1.807, 2.05) is 0 Å². The number of halogens is 1. The lowest BCUT2D eigenvalue weighted by atomic mass is 9.70. The number of amides is 2. The van der Waals surface area contributed by atoms with E-state index in [4.69, 9.17) is 14.2 Å². The number of carbonyl (C=O) groups is 3. The predicted molar refractivity (Wildman–Crippen MR) is 141 cm³/mol. The zero-order chi connectivity index (χ0) is 26.7. The number of nitrogens with zero attached hydrogens (tertiary/aromatic N) is 2. The molecule has 0 saturated carbocycles. The lowest BCUT2D eigenvalue weighted by Gasteiger charge is -2.37. The van der Waals surface area contributed by atoms with Gasteiger partial charge in [0.1, 0.15) is 17.4 Å². The molecule has 202 valence electrons. The van der Waals surface area contributed by atoms with Gasteiger partial charge in [0.05, 0.1) is 31.7 Å². The Hall–Kier alpha value is -2.43. The maximum absolute atomic E-state index is 14.4. The van der Waals surface area contributed by atoms with Crippen molar-refractivity contribution < 1.29 is 33.7 Å². The van der Waals surface area contributed by atoms with Crippen LogP contribution in [0, 0.1) is 11.8 Å². The van der Waals surface area contributed by atoms with Gasteiger partial charge in [-0.15, -0.1) is 6.58 Å². The van der Waals surface area contributed by atoms with Gasteiger partial charge in [-0.05, 0) is 56.9 Å². The Balaban J connectivity index is 1.74. The van der Waals surface area contributed by atoms with Crippen molar-refractivity contribution in [2.45, 2.75) is 55.2 Å². The van der Waals surface area contributed by atoms with Gasteiger partial charge in [-0.1, -0.05) is 22.0 Å². The number of aliphatic hydroxyl groups excluding tert-OH is 1. The number of hydrogen-bond donors (Lipinski definition) is 1. The third-order valence-corrected chi connectivity index (χ3v) is 8.45. The average Bonchev–Trinajstić information content (AvgIpc) is 3.48. The van der Waals surface area contributed by atoms with Gasteiger partial charge in [0.25, 0.3) is 5.91 Å². The standard InChI is InChI=1S/C27H35BrN2O7/c1-4-13-29(17-9-11-18(35-3)12-10-17)25(33)23-27-16-19(28)22(37-27)20(26(34)36-5-2)21(27)24(32)30(23)14-7-6-8-15-31/h4,9-12,19-23,31H,1,5-8,13-16H2,2-3H3/t19?,20-,21+,22-,23-,27+/m0/s1. The molecule has 6 atom stereocenters. The van der Waals surface area contributed by atoms with Crippen molar-refractivity contribution in [2.75, 3.05) is 38.3 Å². The van der Waals surface area contributed by atoms with E-state index in [0.717, 1.165) is 0 Å². The number of unbranched alkanes of at least 4 members (excludes halogenated alkanes) is 2. The van der Waals surface area contributed by atoms with Crippen molar-refractivity contribution in [3.63, 3.8) is 0 Å². The summed E-state index contributed by atoms with van der Waals surface area (Å²) in [5.74, 6) is -1.92. The van der Waals surface area contributed by atoms with Gasteiger partial charge in [-0.3, -0.25) is 14.4 Å². The minimum absolute atomic E-state index is 0.0639. The van der Waals surface area contributed by atoms with Gasteiger partial charge >= 0.3 is 5.97 Å². The summed E-state index contributed by atoms with van der Waals surface area (Å²) in [4.78, 5) is 44.3. The van der Waals surface area contributed by atoms with Crippen LogP contribution in [0.4, 0.5) is 5.69 Å². The third-order valence-electron chi connectivity index (χ3n) is 7.60. The number of hydrogen-bond acceptors (Lipinski definition) is 7. The summed E-state index contributed by atoms with van der Waals surface area (Å²) in [6.07, 6.45) is 3.46. The second-order valence-corrected chi connectivity index (χ2v) is 10.8. The van der Waals surface area contributed by atoms with Crippen LogP contribution >= 0.6 is 15.9 Å². The maximum Gasteiger partial charge on any atom is 0.312 e. The molecule has 0 aromatic heterocycles. The molecule has 1 aromatic carbocycles. The number of likely N-dealkylation sites (tertiary alicyclic amines) is 1. The van der Waals surface area contributed by atoms with E-state index in [-0.39, 0.29) is 36.4 Å². The smallest absolute Gasteiger partial charge is 0.312 e. The molecule has 37 heavy (non-hydrogen) atoms. The number of esters is 1. The van der Waals surface area contributed by atoms with Gasteiger partial charge in [-0.2, -0.15) is 0 Å². The molecule has 9 nitrogen and oxygen atoms in total. The quantitative estimate of drug-likeness (QED) is 0.176. The summed E-state index contributed by atoms with van der Waals surface area (Å²) in [5.41, 5.74) is -0.504. The highest BCUT2D eigenvalue weighted by Gasteiger charge is 2.77. The Bertz CT molecular complexity index is 1020. The molecule has 3 heterocycles. The van der Waals surface area contributed by atoms with Crippen LogP contribution in [0.1, 0.15) is 32.6 Å². The number of aliphatic hydroxyl groups is 1. The summed E-state index contributed by atoms with van der Waals surface area (Å²) < 4.78 is 17.1. The Morgan fingerprint density at radius 3 is 2.65 bits per heavy atom. The van der Waals surface area contributed by atoms with Crippen LogP contribution < -0.4 is 9.64 Å². The van der Waals surface area contributed by atoms with Crippen LogP contribution in [0.25, 0.3) is 0 Å². The lowest BCUT2D eigenvalue weighted by molar-refractivity contribution is -0.154. The van der Waals surface area contributed by atoms with E-state index in [2.05, 4.69) is 22.5 Å². The first-order chi connectivity index (χ1) is 17.8. The molecule has 3 fully saturated rings. The molecule has 3 aliphatic heterocycles. The number of ether oxygens (including phenoxy) is 3. The molecule has 3 aliphatic rings. The van der Waals surface area contributed by atoms with Gasteiger partial charge in [0.2, 0.25) is 5.91 Å². The van der Waals surface area contributed by atoms with Crippen molar-refractivity contribution in [1.29, 1.82) is 0 Å². The second-order valence-electron chi connectivity index (χ2n) is 9.67. The summed E-state index contributed by atoms with van der Waals surface area (Å²) in [6, 6.07) is 6.22. The molecule has 2 bridgehead atoms. The number of methoxy groups -OCH3 is 1. The van der Waals surface area contributed by atoms with Gasteiger partial charge in [-0.25, -0.2) is 0 Å². The number of fused-ring (bicyclic) bond motifs is 1. The second kappa shape index (κ2) is 11.5. The molecular weight excluding hydrogens is 544 g/mol. The first-order valence-electron chi connectivity index (χ1n) is 12.8. The molecule has 1 N–H and O–H groups in total. The van der Waals surface area contributed by atoms with Crippen LogP contribution in [-0.2, 0) is 23.9 Å². The molecular formula is C27H35BrN2O7. The predicted octanol–water partition coefficient (Wildman–Crippen LogP) is 2.69. The average molecular weight is 579 g/mol. The van der Waals surface area contributed by atoms with Crippen LogP contribution in [-0.4, -0.2) is 83.8 Å². The molecule has 1 spiro atoms. The van der Waals surface area contributed by atoms with Crippen LogP contribution in [0.15, 0.2) is 36.9 Å². The first kappa shape index (κ1) is 27.6. The van der Waals surface area contributed by atoms with E-state index in [1.54, 1.807) is 54.2 Å². The molecule has 0 radical (unpaired) electrons. The zero-order valence-electron chi connectivity index (χ0n) is 21.3. The number of anilines is 1. The molecule has 2 amide bonds. The maximum atomic E-state index is 14.4. The number of carbonyl (C=O) groups excluding carboxylic acids is 3. The molecule has 3 saturated heterocycles. The van der Waals surface area contributed by atoms with Crippen LogP contribution in [0.5, 0.6) is 5.75 Å². The zero-order valence-corrected chi connectivity index (χ0v) is 22.9. The van der Waals surface area contributed by atoms with Crippen molar-refractivity contribution in [3.8, 4) is 5.75 Å². The third kappa shape index (κ3) is 4.79. The van der Waals surface area contributed by atoms with Gasteiger partial charge in [0, 0.05) is 30.2 Å². The highest BCUT2D eigenvalue weighted by molar-refractivity contribution is 9.09. The summed E-state index contributed by atoms with van der Waals surface area (Å²) in [6.45, 7) is 6.38. The first-order valence-corrected chi connectivity index (χ1v) is 13.7. The number of alkyl halides is 1. The van der Waals surface area contributed by atoms with Gasteiger partial charge < -0.3 is 29.1 Å². The highest BCUT2D eigenvalue weighted by atomic mass is 79.9. The summed E-state index contributed by atoms with van der Waals surface area (Å²) in [7, 11) is 1.57. The SMILES string of the molecule is C=CCN(C(=O)[C@@H]1N(CCCCCO)C(=O)[C@H]2[C@H](C(=O)OCC)[C@H]3O[C@@]12CC3Br)c1ccc(OC)cc1. The van der Waals surface area contributed by atoms with E-state index in [0.29, 0.717) is 43.7 Å². The normalized spacial score (nSPS) is 29.8. The Labute approximate surface area is 225 Å². The lowest BCUT2D eigenvalue weighted by Crippen LogP contribution is -2.57. The van der Waals surface area contributed by atoms with Gasteiger partial charge in [0.15, 0.2) is 0 Å². The van der Waals surface area contributed by atoms with E-state index in [1.165, 1.54) is 0 Å². The van der Waals surface area contributed by atoms with Crippen LogP contribution in [0.2, 0.25) is 0 Å². The fourth-order valence-corrected chi connectivity index (χ4v) is 7.03. The number of benzene rings is 1. The summed E-state index contributed by atoms with van der Waals surface area (Å²) >= 11 is 3.66. The van der Waals surface area contributed by atoms with Crippen molar-refractivity contribution in [1.82, 2.24) is 4.90 Å². The minimum Gasteiger partial charge on any atom is -0.497 e. The minimum atomic E-state index is -1.15. The van der Waals surface area contributed by atoms with E-state index in [9.17, 15) is 19.5 Å². The Morgan fingerprint density at radius 2 is 2.03 bits per heavy atom. The van der Waals surface area contributed by atoms with Crippen LogP contribution in [0.3, 0.4) is 0 Å². The highest BCUT2D eigenvalue weighted by Crippen LogP contribution is 2.60. The molecule has 1 unspecified atom stereocenters. The topological polar surface area (TPSA) is 106 Å². The van der Waals surface area contributed by atoms with E-state index < -0.39 is 35.6 Å². The monoisotopic (exact) mass is 578 g/mol. The van der Waals surface area contributed by atoms with Crippen molar-refractivity contribution in [3.05, 3.63) is 36.9 Å². The molecule has 4 rings (SSSR count). The van der Waals surface area contributed by atoms with E-state index >= 15 is 0 Å². The number of rotatable bonds is 12. The van der Waals surface area contributed by atoms with Crippen molar-refractivity contribution >= 4 is 39.4 Å². The van der Waals surface area contributed by atoms with Crippen molar-refractivity contribution in [2.24, 2.45) is 11.8 Å². The molecule has 1 aromatic rings. The Morgan fingerprint density at radius 1 is 1.30 bits per heavy atom.